The SMILES string of the molecule is Cc1ccn2c(CC3CO3)c(-c3c(F)cc(Br)c(F)c3C)nc2c1. The molecule has 3 heterocycles. The number of rotatable bonds is 3. The topological polar surface area (TPSA) is 29.8 Å². The lowest BCUT2D eigenvalue weighted by Crippen LogP contribution is -2.02. The summed E-state index contributed by atoms with van der Waals surface area (Å²) in [7, 11) is 0. The summed E-state index contributed by atoms with van der Waals surface area (Å²) < 4.78 is 36.3. The first kappa shape index (κ1) is 15.7. The summed E-state index contributed by atoms with van der Waals surface area (Å²) in [6, 6.07) is 5.06. The number of imidazole rings is 1. The monoisotopic (exact) mass is 392 g/mol. The number of benzene rings is 1. The van der Waals surface area contributed by atoms with Crippen LogP contribution >= 0.6 is 15.9 Å². The van der Waals surface area contributed by atoms with Crippen molar-refractivity contribution in [3.05, 3.63) is 57.3 Å². The van der Waals surface area contributed by atoms with Gasteiger partial charge in [-0.15, -0.1) is 0 Å². The van der Waals surface area contributed by atoms with Crippen molar-refractivity contribution in [3.63, 3.8) is 0 Å². The Labute approximate surface area is 146 Å². The van der Waals surface area contributed by atoms with Gasteiger partial charge in [-0.25, -0.2) is 13.8 Å². The lowest BCUT2D eigenvalue weighted by molar-refractivity contribution is 0.406. The van der Waals surface area contributed by atoms with Gasteiger partial charge in [-0.1, -0.05) is 0 Å². The molecule has 124 valence electrons. The third-order valence-corrected chi connectivity index (χ3v) is 4.92. The van der Waals surface area contributed by atoms with Crippen LogP contribution in [0.2, 0.25) is 0 Å². The summed E-state index contributed by atoms with van der Waals surface area (Å²) in [5, 5.41) is 0. The smallest absolute Gasteiger partial charge is 0.141 e. The second kappa shape index (κ2) is 5.63. The molecule has 1 saturated heterocycles. The second-order valence-electron chi connectivity index (χ2n) is 6.15. The molecule has 1 unspecified atom stereocenters. The van der Waals surface area contributed by atoms with Crippen molar-refractivity contribution in [2.75, 3.05) is 6.61 Å². The quantitative estimate of drug-likeness (QED) is 0.481. The van der Waals surface area contributed by atoms with Gasteiger partial charge in [0, 0.05) is 18.2 Å². The zero-order valence-electron chi connectivity index (χ0n) is 13.2. The van der Waals surface area contributed by atoms with Gasteiger partial charge in [0.2, 0.25) is 0 Å². The summed E-state index contributed by atoms with van der Waals surface area (Å²) in [5.74, 6) is -0.952. The fraction of sp³-hybridized carbons (Fsp3) is 0.278. The van der Waals surface area contributed by atoms with Crippen LogP contribution in [-0.4, -0.2) is 22.1 Å². The van der Waals surface area contributed by atoms with Crippen LogP contribution in [0.15, 0.2) is 28.9 Å². The Kier molecular flexibility index (Phi) is 3.69. The lowest BCUT2D eigenvalue weighted by atomic mass is 10.0. The summed E-state index contributed by atoms with van der Waals surface area (Å²) in [6.07, 6.45) is 2.66. The van der Waals surface area contributed by atoms with Crippen molar-refractivity contribution in [1.82, 2.24) is 9.38 Å². The Morgan fingerprint density at radius 1 is 1.33 bits per heavy atom. The Morgan fingerprint density at radius 2 is 2.08 bits per heavy atom. The van der Waals surface area contributed by atoms with E-state index in [1.807, 2.05) is 29.7 Å². The molecule has 3 aromatic rings. The van der Waals surface area contributed by atoms with Crippen molar-refractivity contribution >= 4 is 21.6 Å². The first-order chi connectivity index (χ1) is 11.5. The molecule has 0 bridgehead atoms. The molecule has 0 spiro atoms. The lowest BCUT2D eigenvalue weighted by Gasteiger charge is -2.10. The molecule has 0 N–H and O–H groups in total. The largest absolute Gasteiger partial charge is 0.373 e. The molecule has 1 aromatic carbocycles. The van der Waals surface area contributed by atoms with Gasteiger partial charge in [-0.2, -0.15) is 0 Å². The van der Waals surface area contributed by atoms with Crippen LogP contribution < -0.4 is 0 Å². The molecule has 0 aliphatic carbocycles. The van der Waals surface area contributed by atoms with Crippen LogP contribution in [0.1, 0.15) is 16.8 Å². The van der Waals surface area contributed by atoms with Crippen molar-refractivity contribution in [3.8, 4) is 11.3 Å². The summed E-state index contributed by atoms with van der Waals surface area (Å²) in [6.45, 7) is 4.24. The molecule has 3 nitrogen and oxygen atoms in total. The standard InChI is InChI=1S/C18H15BrF2N2O/c1-9-3-4-23-14(6-11-8-24-11)18(22-15(23)5-9)16-10(2)17(21)12(19)7-13(16)20/h3-5,7,11H,6,8H2,1-2H3. The molecule has 0 amide bonds. The van der Waals surface area contributed by atoms with Gasteiger partial charge in [-0.3, -0.25) is 0 Å². The molecule has 24 heavy (non-hydrogen) atoms. The second-order valence-corrected chi connectivity index (χ2v) is 7.01. The highest BCUT2D eigenvalue weighted by atomic mass is 79.9. The van der Waals surface area contributed by atoms with E-state index in [2.05, 4.69) is 20.9 Å². The predicted octanol–water partition coefficient (Wildman–Crippen LogP) is 4.60. The van der Waals surface area contributed by atoms with Crippen LogP contribution in [-0.2, 0) is 11.2 Å². The number of hydrogen-bond acceptors (Lipinski definition) is 2. The number of halogens is 3. The first-order valence-electron chi connectivity index (χ1n) is 7.69. The fourth-order valence-electron chi connectivity index (χ4n) is 3.00. The average molecular weight is 393 g/mol. The minimum absolute atomic E-state index is 0.118. The molecule has 0 saturated carbocycles. The molecule has 1 aliphatic rings. The molecular formula is C18H15BrF2N2O. The van der Waals surface area contributed by atoms with Crippen LogP contribution in [0.5, 0.6) is 0 Å². The highest BCUT2D eigenvalue weighted by molar-refractivity contribution is 9.10. The Morgan fingerprint density at radius 3 is 2.79 bits per heavy atom. The number of ether oxygens (including phenoxy) is 1. The Hall–Kier alpha value is -1.79. The van der Waals surface area contributed by atoms with E-state index in [0.29, 0.717) is 18.7 Å². The molecule has 1 fully saturated rings. The van der Waals surface area contributed by atoms with Crippen LogP contribution in [0.3, 0.4) is 0 Å². The van der Waals surface area contributed by atoms with Gasteiger partial charge >= 0.3 is 0 Å². The molecule has 1 atom stereocenters. The third kappa shape index (κ3) is 2.54. The number of aryl methyl sites for hydroxylation is 1. The van der Waals surface area contributed by atoms with E-state index in [9.17, 15) is 8.78 Å². The van der Waals surface area contributed by atoms with Crippen molar-refractivity contribution in [1.29, 1.82) is 0 Å². The summed E-state index contributed by atoms with van der Waals surface area (Å²) in [4.78, 5) is 4.60. The van der Waals surface area contributed by atoms with Crippen molar-refractivity contribution < 1.29 is 13.5 Å². The van der Waals surface area contributed by atoms with Crippen molar-refractivity contribution in [2.24, 2.45) is 0 Å². The molecule has 6 heteroatoms. The Balaban J connectivity index is 2.01. The van der Waals surface area contributed by atoms with E-state index in [0.717, 1.165) is 23.0 Å². The van der Waals surface area contributed by atoms with Gasteiger partial charge in [-0.05, 0) is 59.1 Å². The highest BCUT2D eigenvalue weighted by Gasteiger charge is 2.29. The maximum absolute atomic E-state index is 14.6. The number of fused-ring (bicyclic) bond motifs is 1. The van der Waals surface area contributed by atoms with Crippen LogP contribution in [0, 0.1) is 25.5 Å². The average Bonchev–Trinajstić information content (AvgIpc) is 3.28. The number of hydrogen-bond donors (Lipinski definition) is 0. The van der Waals surface area contributed by atoms with Gasteiger partial charge in [0.05, 0.1) is 28.6 Å². The molecule has 0 radical (unpaired) electrons. The fourth-order valence-corrected chi connectivity index (χ4v) is 3.50. The zero-order chi connectivity index (χ0) is 17.0. The van der Waals surface area contributed by atoms with Crippen molar-refractivity contribution in [2.45, 2.75) is 26.4 Å². The van der Waals surface area contributed by atoms with Crippen LogP contribution in [0.25, 0.3) is 16.9 Å². The first-order valence-corrected chi connectivity index (χ1v) is 8.48. The molecule has 2 aromatic heterocycles. The van der Waals surface area contributed by atoms with Gasteiger partial charge in [0.1, 0.15) is 17.3 Å². The summed E-state index contributed by atoms with van der Waals surface area (Å²) >= 11 is 3.06. The van der Waals surface area contributed by atoms with Crippen LogP contribution in [0.4, 0.5) is 8.78 Å². The van der Waals surface area contributed by atoms with Gasteiger partial charge < -0.3 is 9.14 Å². The predicted molar refractivity (Wildman–Crippen MR) is 91.2 cm³/mol. The van der Waals surface area contributed by atoms with E-state index < -0.39 is 11.6 Å². The van der Waals surface area contributed by atoms with Gasteiger partial charge in [0.25, 0.3) is 0 Å². The normalized spacial score (nSPS) is 16.8. The Bertz CT molecular complexity index is 964. The minimum Gasteiger partial charge on any atom is -0.373 e. The number of aromatic nitrogens is 2. The maximum atomic E-state index is 14.6. The van der Waals surface area contributed by atoms with E-state index in [1.54, 1.807) is 6.92 Å². The molecule has 4 rings (SSSR count). The third-order valence-electron chi connectivity index (χ3n) is 4.35. The molecule has 1 aliphatic heterocycles. The van der Waals surface area contributed by atoms with E-state index in [1.165, 1.54) is 0 Å². The number of epoxide rings is 1. The highest BCUT2D eigenvalue weighted by Crippen LogP contribution is 2.35. The molecular weight excluding hydrogens is 378 g/mol. The maximum Gasteiger partial charge on any atom is 0.141 e. The summed E-state index contributed by atoms with van der Waals surface area (Å²) in [5.41, 5.74) is 3.58. The van der Waals surface area contributed by atoms with E-state index in [-0.39, 0.29) is 21.7 Å². The zero-order valence-corrected chi connectivity index (χ0v) is 14.8. The van der Waals surface area contributed by atoms with E-state index in [4.69, 9.17) is 4.74 Å². The minimum atomic E-state index is -0.487. The number of pyridine rings is 1. The number of nitrogens with zero attached hydrogens (tertiary/aromatic N) is 2. The van der Waals surface area contributed by atoms with Gasteiger partial charge in [0.15, 0.2) is 0 Å². The van der Waals surface area contributed by atoms with E-state index >= 15 is 0 Å².